The molecular weight excluding hydrogens is 486 g/mol. The summed E-state index contributed by atoms with van der Waals surface area (Å²) >= 11 is 0. The zero-order valence-electron chi connectivity index (χ0n) is 24.2. The minimum Gasteiger partial charge on any atom is -0.496 e. The third kappa shape index (κ3) is 9.85. The molecule has 0 aromatic heterocycles. The summed E-state index contributed by atoms with van der Waals surface area (Å²) < 4.78 is 5.45. The molecular formula is C33H47N3O3. The number of carbonyl (C=O) groups excluding carboxylic acids is 2. The molecule has 2 amide bonds. The Balaban J connectivity index is 1.51. The number of nitrogens with zero attached hydrogens (tertiary/aromatic N) is 3. The second-order valence-electron chi connectivity index (χ2n) is 10.4. The third-order valence-corrected chi connectivity index (χ3v) is 7.47. The van der Waals surface area contributed by atoms with Crippen molar-refractivity contribution < 1.29 is 14.3 Å². The largest absolute Gasteiger partial charge is 0.496 e. The number of carbonyl (C=O) groups is 2. The van der Waals surface area contributed by atoms with Gasteiger partial charge in [-0.2, -0.15) is 0 Å². The quantitative estimate of drug-likeness (QED) is 0.267. The van der Waals surface area contributed by atoms with E-state index in [0.717, 1.165) is 62.2 Å². The smallest absolute Gasteiger partial charge is 0.253 e. The molecule has 6 nitrogen and oxygen atoms in total. The van der Waals surface area contributed by atoms with Crippen LogP contribution in [-0.4, -0.2) is 79.4 Å². The summed E-state index contributed by atoms with van der Waals surface area (Å²) in [6, 6.07) is 16.0. The number of hydrogen-bond acceptors (Lipinski definition) is 4. The van der Waals surface area contributed by atoms with Gasteiger partial charge in [0, 0.05) is 63.4 Å². The third-order valence-electron chi connectivity index (χ3n) is 7.47. The molecule has 0 bridgehead atoms. The van der Waals surface area contributed by atoms with E-state index in [1.54, 1.807) is 7.11 Å². The SMILES string of the molecule is CCCCCC(=O)N(CC=Cc1ccccc1OC)CCN1CCN(C(=O)c2ccc(CCCC)cc2)CC1. The molecule has 1 aliphatic rings. The van der Waals surface area contributed by atoms with E-state index < -0.39 is 0 Å². The molecule has 1 heterocycles. The molecule has 0 saturated carbocycles. The predicted octanol–water partition coefficient (Wildman–Crippen LogP) is 5.92. The highest BCUT2D eigenvalue weighted by Gasteiger charge is 2.23. The molecule has 0 aliphatic carbocycles. The summed E-state index contributed by atoms with van der Waals surface area (Å²) in [5.41, 5.74) is 3.08. The van der Waals surface area contributed by atoms with Crippen LogP contribution in [0.5, 0.6) is 5.75 Å². The van der Waals surface area contributed by atoms with Gasteiger partial charge in [0.25, 0.3) is 5.91 Å². The van der Waals surface area contributed by atoms with Crippen LogP contribution in [0.15, 0.2) is 54.6 Å². The molecule has 1 saturated heterocycles. The van der Waals surface area contributed by atoms with Gasteiger partial charge in [0.1, 0.15) is 5.75 Å². The first-order valence-electron chi connectivity index (χ1n) is 14.7. The molecule has 2 aromatic carbocycles. The molecule has 1 fully saturated rings. The Morgan fingerprint density at radius 2 is 1.64 bits per heavy atom. The van der Waals surface area contributed by atoms with Gasteiger partial charge in [-0.05, 0) is 43.0 Å². The van der Waals surface area contributed by atoms with E-state index in [1.807, 2.05) is 52.3 Å². The van der Waals surface area contributed by atoms with Gasteiger partial charge in [-0.25, -0.2) is 0 Å². The van der Waals surface area contributed by atoms with Gasteiger partial charge >= 0.3 is 0 Å². The summed E-state index contributed by atoms with van der Waals surface area (Å²) in [5.74, 6) is 1.16. The fourth-order valence-corrected chi connectivity index (χ4v) is 4.93. The minimum atomic E-state index is 0.117. The Morgan fingerprint density at radius 3 is 2.33 bits per heavy atom. The van der Waals surface area contributed by atoms with Crippen LogP contribution in [0.25, 0.3) is 6.08 Å². The summed E-state index contributed by atoms with van der Waals surface area (Å²) in [6.45, 7) is 9.53. The van der Waals surface area contributed by atoms with Gasteiger partial charge in [-0.3, -0.25) is 14.5 Å². The molecule has 3 rings (SSSR count). The average molecular weight is 534 g/mol. The lowest BCUT2D eigenvalue weighted by atomic mass is 10.1. The lowest BCUT2D eigenvalue weighted by molar-refractivity contribution is -0.131. The van der Waals surface area contributed by atoms with Crippen molar-refractivity contribution in [2.45, 2.75) is 58.8 Å². The van der Waals surface area contributed by atoms with Crippen LogP contribution in [0.2, 0.25) is 0 Å². The zero-order valence-corrected chi connectivity index (χ0v) is 24.2. The van der Waals surface area contributed by atoms with Crippen molar-refractivity contribution in [2.24, 2.45) is 0 Å². The van der Waals surface area contributed by atoms with E-state index in [2.05, 4.69) is 37.0 Å². The molecule has 0 N–H and O–H groups in total. The van der Waals surface area contributed by atoms with Crippen LogP contribution >= 0.6 is 0 Å². The average Bonchev–Trinajstić information content (AvgIpc) is 2.98. The van der Waals surface area contributed by atoms with Crippen LogP contribution < -0.4 is 4.74 Å². The van der Waals surface area contributed by atoms with Gasteiger partial charge in [0.2, 0.25) is 5.91 Å². The highest BCUT2D eigenvalue weighted by Crippen LogP contribution is 2.19. The van der Waals surface area contributed by atoms with Gasteiger partial charge in [-0.1, -0.05) is 75.6 Å². The number of aryl methyl sites for hydroxylation is 1. The number of benzene rings is 2. The predicted molar refractivity (Wildman–Crippen MR) is 160 cm³/mol. The zero-order chi connectivity index (χ0) is 27.9. The first-order valence-corrected chi connectivity index (χ1v) is 14.7. The van der Waals surface area contributed by atoms with E-state index in [0.29, 0.717) is 32.6 Å². The number of rotatable bonds is 15. The van der Waals surface area contributed by atoms with Crippen LogP contribution in [-0.2, 0) is 11.2 Å². The molecule has 39 heavy (non-hydrogen) atoms. The first kappa shape index (κ1) is 30.4. The van der Waals surface area contributed by atoms with Gasteiger partial charge in [-0.15, -0.1) is 0 Å². The Hall–Kier alpha value is -3.12. The topological polar surface area (TPSA) is 53.1 Å². The Kier molecular flexibility index (Phi) is 13.1. The number of unbranched alkanes of at least 4 members (excludes halogenated alkanes) is 3. The van der Waals surface area contributed by atoms with Crippen LogP contribution in [0.1, 0.15) is 73.9 Å². The summed E-state index contributed by atoms with van der Waals surface area (Å²) in [5, 5.41) is 0. The monoisotopic (exact) mass is 533 g/mol. The van der Waals surface area contributed by atoms with E-state index in [1.165, 1.54) is 18.4 Å². The highest BCUT2D eigenvalue weighted by atomic mass is 16.5. The number of amides is 2. The Labute approximate surface area is 235 Å². The van der Waals surface area contributed by atoms with Crippen LogP contribution in [0.3, 0.4) is 0 Å². The normalized spacial score (nSPS) is 14.1. The number of para-hydroxylation sites is 1. The molecule has 0 spiro atoms. The number of ether oxygens (including phenoxy) is 1. The van der Waals surface area contributed by atoms with Crippen LogP contribution in [0, 0.1) is 0 Å². The van der Waals surface area contributed by atoms with Gasteiger partial charge < -0.3 is 14.5 Å². The number of hydrogen-bond donors (Lipinski definition) is 0. The lowest BCUT2D eigenvalue weighted by Crippen LogP contribution is -2.50. The first-order chi connectivity index (χ1) is 19.0. The van der Waals surface area contributed by atoms with E-state index in [9.17, 15) is 9.59 Å². The van der Waals surface area contributed by atoms with Gasteiger partial charge in [0.05, 0.1) is 7.11 Å². The van der Waals surface area contributed by atoms with Crippen molar-refractivity contribution in [3.63, 3.8) is 0 Å². The Bertz CT molecular complexity index is 1040. The second kappa shape index (κ2) is 16.8. The van der Waals surface area contributed by atoms with E-state index >= 15 is 0 Å². The maximum atomic E-state index is 13.0. The summed E-state index contributed by atoms with van der Waals surface area (Å²) in [7, 11) is 1.67. The summed E-state index contributed by atoms with van der Waals surface area (Å²) in [6.07, 6.45) is 11.2. The molecule has 0 atom stereocenters. The standard InChI is InChI=1S/C33H47N3O3/c1-4-6-8-16-32(37)35(21-11-14-29-13-9-10-15-31(29)39-3)25-22-34-23-26-36(27-24-34)33(38)30-19-17-28(18-20-30)12-7-5-2/h9-11,13-15,17-20H,4-8,12,16,21-27H2,1-3H3. The fourth-order valence-electron chi connectivity index (χ4n) is 4.93. The van der Waals surface area contributed by atoms with Crippen molar-refractivity contribution in [3.8, 4) is 5.75 Å². The van der Waals surface area contributed by atoms with Crippen molar-refractivity contribution >= 4 is 17.9 Å². The van der Waals surface area contributed by atoms with Crippen molar-refractivity contribution in [1.82, 2.24) is 14.7 Å². The number of methoxy groups -OCH3 is 1. The summed E-state index contributed by atoms with van der Waals surface area (Å²) in [4.78, 5) is 32.4. The van der Waals surface area contributed by atoms with E-state index in [4.69, 9.17) is 4.74 Å². The van der Waals surface area contributed by atoms with Gasteiger partial charge in [0.15, 0.2) is 0 Å². The van der Waals surface area contributed by atoms with Crippen molar-refractivity contribution in [1.29, 1.82) is 0 Å². The van der Waals surface area contributed by atoms with Crippen LogP contribution in [0.4, 0.5) is 0 Å². The molecule has 2 aromatic rings. The Morgan fingerprint density at radius 1 is 0.923 bits per heavy atom. The number of piperazine rings is 1. The van der Waals surface area contributed by atoms with Crippen molar-refractivity contribution in [2.75, 3.05) is 52.9 Å². The molecule has 212 valence electrons. The van der Waals surface area contributed by atoms with E-state index in [-0.39, 0.29) is 11.8 Å². The molecule has 0 radical (unpaired) electrons. The highest BCUT2D eigenvalue weighted by molar-refractivity contribution is 5.94. The fraction of sp³-hybridized carbons (Fsp3) is 0.515. The maximum absolute atomic E-state index is 13.0. The van der Waals surface area contributed by atoms with Crippen molar-refractivity contribution in [3.05, 3.63) is 71.3 Å². The molecule has 6 heteroatoms. The molecule has 0 unspecified atom stereocenters. The second-order valence-corrected chi connectivity index (χ2v) is 10.4. The maximum Gasteiger partial charge on any atom is 0.253 e. The lowest BCUT2D eigenvalue weighted by Gasteiger charge is -2.36. The molecule has 1 aliphatic heterocycles. The minimum absolute atomic E-state index is 0.117.